The van der Waals surface area contributed by atoms with Gasteiger partial charge in [-0.3, -0.25) is 29.6 Å². The number of ether oxygens (including phenoxy) is 4. The number of hydrogen-bond donors (Lipinski definition) is 2. The van der Waals surface area contributed by atoms with Crippen molar-refractivity contribution in [2.75, 3.05) is 39.3 Å². The maximum Gasteiger partial charge on any atom is 0.338 e. The molecule has 2 N–H and O–H groups in total. The van der Waals surface area contributed by atoms with Gasteiger partial charge >= 0.3 is 11.9 Å². The molecule has 12 nitrogen and oxygen atoms in total. The fourth-order valence-electron chi connectivity index (χ4n) is 3.61. The average molecular weight is 542 g/mol. The molecule has 0 bridgehead atoms. The summed E-state index contributed by atoms with van der Waals surface area (Å²) in [4.78, 5) is 61.6. The number of esters is 2. The molecular weight excluding hydrogens is 510 g/mol. The quantitative estimate of drug-likeness (QED) is 0.408. The van der Waals surface area contributed by atoms with E-state index >= 15 is 0 Å². The van der Waals surface area contributed by atoms with Gasteiger partial charge in [-0.25, -0.2) is 4.79 Å². The van der Waals surface area contributed by atoms with E-state index in [0.29, 0.717) is 29.4 Å². The summed E-state index contributed by atoms with van der Waals surface area (Å²) in [5, 5.41) is 3.60. The first-order chi connectivity index (χ1) is 18.6. The van der Waals surface area contributed by atoms with E-state index in [0.717, 1.165) is 5.01 Å². The van der Waals surface area contributed by atoms with Crippen molar-refractivity contribution in [3.63, 3.8) is 0 Å². The number of hydrogen-bond acceptors (Lipinski definition) is 9. The van der Waals surface area contributed by atoms with Crippen LogP contribution in [0.5, 0.6) is 11.5 Å². The number of amides is 3. The van der Waals surface area contributed by atoms with Gasteiger partial charge in [0.1, 0.15) is 0 Å². The SMILES string of the molecule is COc1ccc(C(=O)NN2C[C@H](C(=O)OCC(=O)Nc3ccc(C(=O)OCC(C)C)cc3)CC2=O)cc1OC. The molecule has 1 aliphatic heterocycles. The number of nitrogens with one attached hydrogen (secondary N) is 2. The molecule has 0 aromatic heterocycles. The molecule has 1 heterocycles. The third kappa shape index (κ3) is 7.94. The van der Waals surface area contributed by atoms with E-state index in [1.165, 1.54) is 50.6 Å². The van der Waals surface area contributed by atoms with Crippen LogP contribution in [0.1, 0.15) is 41.0 Å². The van der Waals surface area contributed by atoms with Gasteiger partial charge in [0.25, 0.3) is 11.8 Å². The molecule has 208 valence electrons. The number of anilines is 1. The van der Waals surface area contributed by atoms with E-state index in [9.17, 15) is 24.0 Å². The Balaban J connectivity index is 1.46. The van der Waals surface area contributed by atoms with Crippen molar-refractivity contribution in [2.24, 2.45) is 11.8 Å². The van der Waals surface area contributed by atoms with Crippen LogP contribution in [-0.2, 0) is 23.9 Å². The normalized spacial score (nSPS) is 14.5. The van der Waals surface area contributed by atoms with Crippen molar-refractivity contribution >= 4 is 35.3 Å². The highest BCUT2D eigenvalue weighted by atomic mass is 16.5. The lowest BCUT2D eigenvalue weighted by atomic mass is 10.1. The molecule has 1 atom stereocenters. The fraction of sp³-hybridized carbons (Fsp3) is 0.370. The molecule has 0 spiro atoms. The highest BCUT2D eigenvalue weighted by molar-refractivity contribution is 5.97. The van der Waals surface area contributed by atoms with Gasteiger partial charge in [0.05, 0.1) is 38.9 Å². The lowest BCUT2D eigenvalue weighted by Crippen LogP contribution is -2.43. The minimum Gasteiger partial charge on any atom is -0.493 e. The highest BCUT2D eigenvalue weighted by Gasteiger charge is 2.36. The average Bonchev–Trinajstić information content (AvgIpc) is 3.30. The first-order valence-electron chi connectivity index (χ1n) is 12.2. The number of carbonyl (C=O) groups is 5. The maximum absolute atomic E-state index is 12.6. The molecule has 2 aromatic carbocycles. The Morgan fingerprint density at radius 1 is 0.949 bits per heavy atom. The van der Waals surface area contributed by atoms with Crippen LogP contribution in [0, 0.1) is 11.8 Å². The molecule has 0 unspecified atom stereocenters. The third-order valence-corrected chi connectivity index (χ3v) is 5.64. The lowest BCUT2D eigenvalue weighted by Gasteiger charge is -2.18. The molecule has 3 amide bonds. The van der Waals surface area contributed by atoms with Crippen LogP contribution in [0.2, 0.25) is 0 Å². The predicted molar refractivity (Wildman–Crippen MR) is 138 cm³/mol. The van der Waals surface area contributed by atoms with Crippen molar-refractivity contribution in [3.05, 3.63) is 53.6 Å². The first kappa shape index (κ1) is 29.0. The van der Waals surface area contributed by atoms with Gasteiger partial charge in [-0.05, 0) is 48.4 Å². The summed E-state index contributed by atoms with van der Waals surface area (Å²) in [6.07, 6.45) is -0.180. The zero-order chi connectivity index (χ0) is 28.5. The number of benzene rings is 2. The summed E-state index contributed by atoms with van der Waals surface area (Å²) < 4.78 is 20.6. The number of carbonyl (C=O) groups excluding carboxylic acids is 5. The fourth-order valence-corrected chi connectivity index (χ4v) is 3.61. The summed E-state index contributed by atoms with van der Waals surface area (Å²) in [6, 6.07) is 10.6. The molecule has 3 rings (SSSR count). The number of rotatable bonds is 11. The minimum atomic E-state index is -0.855. The van der Waals surface area contributed by atoms with Crippen LogP contribution in [-0.4, -0.2) is 68.6 Å². The standard InChI is InChI=1S/C27H31N3O9/c1-16(2)14-38-26(34)17-5-8-20(9-6-17)28-23(31)15-39-27(35)19-12-24(32)30(13-19)29-25(33)18-7-10-21(36-3)22(11-18)37-4/h5-11,16,19H,12-15H2,1-4H3,(H,28,31)(H,29,33)/t19-/m1/s1. The van der Waals surface area contributed by atoms with Crippen LogP contribution in [0.4, 0.5) is 5.69 Å². The molecular formula is C27H31N3O9. The summed E-state index contributed by atoms with van der Waals surface area (Å²) in [6.45, 7) is 3.49. The van der Waals surface area contributed by atoms with Crippen molar-refractivity contribution in [3.8, 4) is 11.5 Å². The van der Waals surface area contributed by atoms with Gasteiger partial charge in [-0.15, -0.1) is 0 Å². The maximum atomic E-state index is 12.6. The Bertz CT molecular complexity index is 1230. The summed E-state index contributed by atoms with van der Waals surface area (Å²) in [5.41, 5.74) is 3.44. The van der Waals surface area contributed by atoms with Crippen molar-refractivity contribution < 1.29 is 42.9 Å². The lowest BCUT2D eigenvalue weighted by molar-refractivity contribution is -0.151. The second-order valence-corrected chi connectivity index (χ2v) is 9.14. The number of nitrogens with zero attached hydrogens (tertiary/aromatic N) is 1. The topological polar surface area (TPSA) is 150 Å². The number of hydrazine groups is 1. The zero-order valence-electron chi connectivity index (χ0n) is 22.1. The van der Waals surface area contributed by atoms with Gasteiger partial charge in [-0.2, -0.15) is 0 Å². The van der Waals surface area contributed by atoms with Crippen molar-refractivity contribution in [1.82, 2.24) is 10.4 Å². The van der Waals surface area contributed by atoms with E-state index in [2.05, 4.69) is 10.7 Å². The second-order valence-electron chi connectivity index (χ2n) is 9.14. The Morgan fingerprint density at radius 2 is 1.62 bits per heavy atom. The van der Waals surface area contributed by atoms with E-state index < -0.39 is 42.2 Å². The van der Waals surface area contributed by atoms with Crippen LogP contribution in [0.3, 0.4) is 0 Å². The Morgan fingerprint density at radius 3 is 2.26 bits per heavy atom. The van der Waals surface area contributed by atoms with Gasteiger partial charge in [0, 0.05) is 17.7 Å². The zero-order valence-corrected chi connectivity index (χ0v) is 22.1. The Hall–Kier alpha value is -4.61. The van der Waals surface area contributed by atoms with E-state index in [1.54, 1.807) is 6.07 Å². The molecule has 2 aromatic rings. The van der Waals surface area contributed by atoms with E-state index in [4.69, 9.17) is 18.9 Å². The molecule has 1 aliphatic rings. The molecule has 0 aliphatic carbocycles. The number of methoxy groups -OCH3 is 2. The molecule has 1 fully saturated rings. The summed E-state index contributed by atoms with van der Waals surface area (Å²) >= 11 is 0. The molecule has 0 saturated carbocycles. The summed E-state index contributed by atoms with van der Waals surface area (Å²) in [5.74, 6) is -2.70. The van der Waals surface area contributed by atoms with E-state index in [1.807, 2.05) is 13.8 Å². The van der Waals surface area contributed by atoms with Gasteiger partial charge in [-0.1, -0.05) is 13.8 Å². The van der Waals surface area contributed by atoms with Gasteiger partial charge in [0.15, 0.2) is 18.1 Å². The largest absolute Gasteiger partial charge is 0.493 e. The van der Waals surface area contributed by atoms with Gasteiger partial charge in [0.2, 0.25) is 5.91 Å². The van der Waals surface area contributed by atoms with Crippen LogP contribution < -0.4 is 20.2 Å². The van der Waals surface area contributed by atoms with Crippen LogP contribution in [0.25, 0.3) is 0 Å². The molecule has 0 radical (unpaired) electrons. The molecule has 1 saturated heterocycles. The first-order valence-corrected chi connectivity index (χ1v) is 12.2. The Labute approximate surface area is 225 Å². The molecule has 12 heteroatoms. The Kier molecular flexibility index (Phi) is 9.85. The third-order valence-electron chi connectivity index (χ3n) is 5.64. The highest BCUT2D eigenvalue weighted by Crippen LogP contribution is 2.27. The smallest absolute Gasteiger partial charge is 0.338 e. The minimum absolute atomic E-state index is 0.104. The van der Waals surface area contributed by atoms with Gasteiger partial charge < -0.3 is 24.3 Å². The van der Waals surface area contributed by atoms with E-state index in [-0.39, 0.29) is 24.4 Å². The predicted octanol–water partition coefficient (Wildman–Crippen LogP) is 2.19. The van der Waals surface area contributed by atoms with Crippen LogP contribution >= 0.6 is 0 Å². The van der Waals surface area contributed by atoms with Crippen molar-refractivity contribution in [2.45, 2.75) is 20.3 Å². The second kappa shape index (κ2) is 13.3. The molecule has 39 heavy (non-hydrogen) atoms. The van der Waals surface area contributed by atoms with Crippen LogP contribution in [0.15, 0.2) is 42.5 Å². The van der Waals surface area contributed by atoms with Crippen molar-refractivity contribution in [1.29, 1.82) is 0 Å². The summed E-state index contributed by atoms with van der Waals surface area (Å²) in [7, 11) is 2.90. The monoisotopic (exact) mass is 541 g/mol.